The molecule has 2 heterocycles. The van der Waals surface area contributed by atoms with Gasteiger partial charge in [-0.3, -0.25) is 14.2 Å². The number of nitrogens with one attached hydrogen (secondary N) is 2. The van der Waals surface area contributed by atoms with E-state index in [4.69, 9.17) is 4.74 Å². The van der Waals surface area contributed by atoms with Gasteiger partial charge in [0.1, 0.15) is 36.2 Å². The van der Waals surface area contributed by atoms with E-state index in [0.29, 0.717) is 28.4 Å². The monoisotopic (exact) mass is 518 g/mol. The van der Waals surface area contributed by atoms with Crippen molar-refractivity contribution in [3.8, 4) is 23.6 Å². The van der Waals surface area contributed by atoms with Crippen molar-refractivity contribution in [1.29, 1.82) is 10.5 Å². The van der Waals surface area contributed by atoms with E-state index in [0.717, 1.165) is 16.5 Å². The summed E-state index contributed by atoms with van der Waals surface area (Å²) in [7, 11) is 1.68. The van der Waals surface area contributed by atoms with E-state index in [1.54, 1.807) is 53.8 Å². The normalized spacial score (nSPS) is 15.4. The average Bonchev–Trinajstić information content (AvgIpc) is 3.30. The highest BCUT2D eigenvalue weighted by molar-refractivity contribution is 6.02. The van der Waals surface area contributed by atoms with Gasteiger partial charge < -0.3 is 20.3 Å². The minimum atomic E-state index is -0.887. The lowest BCUT2D eigenvalue weighted by Crippen LogP contribution is -2.53. The molecule has 9 nitrogen and oxygen atoms in total. The molecule has 4 aromatic rings. The quantitative estimate of drug-likeness (QED) is 0.403. The Hall–Kier alpha value is -5.12. The SMILES string of the molecule is CN[C@@H](C)C(=O)N[C@H]1COc2ccccc2N(Cc2cccc3c2cc(C#N)n3-c2ccccc2C#N)C1=O. The summed E-state index contributed by atoms with van der Waals surface area (Å²) in [5, 5.41) is 26.1. The van der Waals surface area contributed by atoms with Gasteiger partial charge in [0, 0.05) is 5.39 Å². The summed E-state index contributed by atoms with van der Waals surface area (Å²) in [6, 6.07) is 24.9. The molecule has 0 radical (unpaired) electrons. The maximum Gasteiger partial charge on any atom is 0.253 e. The van der Waals surface area contributed by atoms with Gasteiger partial charge in [-0.05, 0) is 55.9 Å². The summed E-state index contributed by atoms with van der Waals surface area (Å²) >= 11 is 0. The summed E-state index contributed by atoms with van der Waals surface area (Å²) in [5.74, 6) is -0.0719. The Morgan fingerprint density at radius 2 is 1.79 bits per heavy atom. The molecular formula is C30H26N6O3. The number of hydrogen-bond donors (Lipinski definition) is 2. The van der Waals surface area contributed by atoms with Crippen LogP contribution in [0.15, 0.2) is 72.8 Å². The molecule has 2 atom stereocenters. The molecule has 0 spiro atoms. The van der Waals surface area contributed by atoms with E-state index < -0.39 is 12.1 Å². The first-order chi connectivity index (χ1) is 19.0. The molecule has 2 amide bonds. The second-order valence-corrected chi connectivity index (χ2v) is 9.23. The number of amides is 2. The van der Waals surface area contributed by atoms with Crippen LogP contribution in [0, 0.1) is 22.7 Å². The molecule has 0 saturated carbocycles. The van der Waals surface area contributed by atoms with Crippen LogP contribution in [0.4, 0.5) is 5.69 Å². The van der Waals surface area contributed by atoms with E-state index in [2.05, 4.69) is 22.8 Å². The van der Waals surface area contributed by atoms with Crippen molar-refractivity contribution in [2.75, 3.05) is 18.6 Å². The number of benzene rings is 3. The molecule has 1 aliphatic rings. The lowest BCUT2D eigenvalue weighted by molar-refractivity contribution is -0.129. The molecule has 5 rings (SSSR count). The lowest BCUT2D eigenvalue weighted by atomic mass is 10.1. The Bertz CT molecular complexity index is 1660. The van der Waals surface area contributed by atoms with Crippen molar-refractivity contribution in [3.63, 3.8) is 0 Å². The van der Waals surface area contributed by atoms with Crippen LogP contribution >= 0.6 is 0 Å². The third kappa shape index (κ3) is 4.68. The molecular weight excluding hydrogens is 492 g/mol. The predicted octanol–water partition coefficient (Wildman–Crippen LogP) is 3.39. The number of rotatable bonds is 6. The zero-order valence-corrected chi connectivity index (χ0v) is 21.5. The van der Waals surface area contributed by atoms with Crippen LogP contribution in [0.2, 0.25) is 0 Å². The van der Waals surface area contributed by atoms with Crippen molar-refractivity contribution in [3.05, 3.63) is 89.6 Å². The number of carbonyl (C=O) groups is 2. The van der Waals surface area contributed by atoms with Gasteiger partial charge in [-0.15, -0.1) is 0 Å². The number of hydrogen-bond acceptors (Lipinski definition) is 6. The number of nitriles is 2. The van der Waals surface area contributed by atoms with Crippen LogP contribution < -0.4 is 20.3 Å². The van der Waals surface area contributed by atoms with Crippen molar-refractivity contribution in [2.24, 2.45) is 0 Å². The molecule has 9 heteroatoms. The Labute approximate surface area is 225 Å². The van der Waals surface area contributed by atoms with Gasteiger partial charge in [-0.2, -0.15) is 10.5 Å². The summed E-state index contributed by atoms with van der Waals surface area (Å²) in [4.78, 5) is 28.1. The third-order valence-corrected chi connectivity index (χ3v) is 6.91. The van der Waals surface area contributed by atoms with E-state index in [1.165, 1.54) is 0 Å². The van der Waals surface area contributed by atoms with Crippen LogP contribution in [0.5, 0.6) is 5.75 Å². The van der Waals surface area contributed by atoms with Crippen LogP contribution in [-0.4, -0.2) is 42.1 Å². The second-order valence-electron chi connectivity index (χ2n) is 9.23. The maximum absolute atomic E-state index is 13.8. The summed E-state index contributed by atoms with van der Waals surface area (Å²) in [5.41, 5.74) is 3.56. The Kier molecular flexibility index (Phi) is 7.00. The Morgan fingerprint density at radius 3 is 2.54 bits per heavy atom. The molecule has 1 aliphatic heterocycles. The maximum atomic E-state index is 13.8. The smallest absolute Gasteiger partial charge is 0.253 e. The number of fused-ring (bicyclic) bond motifs is 2. The fraction of sp³-hybridized carbons (Fsp3) is 0.200. The number of nitrogens with zero attached hydrogens (tertiary/aromatic N) is 4. The molecule has 0 saturated heterocycles. The van der Waals surface area contributed by atoms with E-state index in [-0.39, 0.29) is 25.0 Å². The zero-order valence-electron chi connectivity index (χ0n) is 21.5. The van der Waals surface area contributed by atoms with Gasteiger partial charge in [-0.1, -0.05) is 36.4 Å². The summed E-state index contributed by atoms with van der Waals surface area (Å²) < 4.78 is 7.71. The summed E-state index contributed by atoms with van der Waals surface area (Å²) in [6.45, 7) is 1.89. The largest absolute Gasteiger partial charge is 0.489 e. The highest BCUT2D eigenvalue weighted by atomic mass is 16.5. The van der Waals surface area contributed by atoms with Crippen LogP contribution in [0.1, 0.15) is 23.7 Å². The standard InChI is InChI=1S/C30H26N6O3/c1-19(33-2)29(37)34-24-18-39-28-13-6-5-11-27(28)35(30(24)38)17-21-9-7-12-26-23(21)14-22(16-32)36(26)25-10-4-3-8-20(25)15-31/h3-14,19,24,33H,17-18H2,1-2H3,(H,34,37)/t19-,24-/m0/s1. The highest BCUT2D eigenvalue weighted by Crippen LogP contribution is 2.34. The molecule has 0 aliphatic carbocycles. The Balaban J connectivity index is 1.59. The predicted molar refractivity (Wildman–Crippen MR) is 146 cm³/mol. The van der Waals surface area contributed by atoms with Crippen molar-refractivity contribution < 1.29 is 14.3 Å². The Morgan fingerprint density at radius 1 is 1.05 bits per heavy atom. The first-order valence-electron chi connectivity index (χ1n) is 12.5. The number of likely N-dealkylation sites (N-methyl/N-ethyl adjacent to an activating group) is 1. The molecule has 0 fully saturated rings. The molecule has 2 N–H and O–H groups in total. The molecule has 3 aromatic carbocycles. The zero-order chi connectivity index (χ0) is 27.5. The van der Waals surface area contributed by atoms with Crippen molar-refractivity contribution in [1.82, 2.24) is 15.2 Å². The topological polar surface area (TPSA) is 123 Å². The van der Waals surface area contributed by atoms with E-state index >= 15 is 0 Å². The molecule has 0 bridgehead atoms. The minimum absolute atomic E-state index is 0.00137. The fourth-order valence-corrected chi connectivity index (χ4v) is 4.75. The van der Waals surface area contributed by atoms with Crippen LogP contribution in [0.3, 0.4) is 0 Å². The van der Waals surface area contributed by atoms with Gasteiger partial charge in [-0.25, -0.2) is 0 Å². The number of carbonyl (C=O) groups excluding carboxylic acids is 2. The lowest BCUT2D eigenvalue weighted by Gasteiger charge is -2.26. The molecule has 0 unspecified atom stereocenters. The van der Waals surface area contributed by atoms with E-state index in [1.807, 2.05) is 42.5 Å². The van der Waals surface area contributed by atoms with Crippen molar-refractivity contribution in [2.45, 2.75) is 25.6 Å². The molecule has 1 aromatic heterocycles. The van der Waals surface area contributed by atoms with Gasteiger partial charge in [0.2, 0.25) is 5.91 Å². The van der Waals surface area contributed by atoms with Gasteiger partial charge in [0.15, 0.2) is 0 Å². The second kappa shape index (κ2) is 10.7. The highest BCUT2D eigenvalue weighted by Gasteiger charge is 2.33. The summed E-state index contributed by atoms with van der Waals surface area (Å²) in [6.07, 6.45) is 0. The minimum Gasteiger partial charge on any atom is -0.489 e. The van der Waals surface area contributed by atoms with Crippen LogP contribution in [0.25, 0.3) is 16.6 Å². The third-order valence-electron chi connectivity index (χ3n) is 6.91. The number of para-hydroxylation sites is 3. The van der Waals surface area contributed by atoms with Gasteiger partial charge in [0.25, 0.3) is 5.91 Å². The molecule has 194 valence electrons. The number of aromatic nitrogens is 1. The van der Waals surface area contributed by atoms with Gasteiger partial charge in [0.05, 0.1) is 35.0 Å². The molecule has 39 heavy (non-hydrogen) atoms. The fourth-order valence-electron chi connectivity index (χ4n) is 4.75. The number of ether oxygens (including phenoxy) is 1. The number of anilines is 1. The first-order valence-corrected chi connectivity index (χ1v) is 12.5. The first kappa shape index (κ1) is 25.5. The van der Waals surface area contributed by atoms with Crippen molar-refractivity contribution >= 4 is 28.4 Å². The van der Waals surface area contributed by atoms with E-state index in [9.17, 15) is 20.1 Å². The average molecular weight is 519 g/mol. The van der Waals surface area contributed by atoms with Crippen LogP contribution in [-0.2, 0) is 16.1 Å². The van der Waals surface area contributed by atoms with Gasteiger partial charge >= 0.3 is 0 Å².